The highest BCUT2D eigenvalue weighted by Crippen LogP contribution is 2.35. The fourth-order valence-electron chi connectivity index (χ4n) is 2.96. The zero-order valence-corrected chi connectivity index (χ0v) is 14.0. The number of fused-ring (bicyclic) bond motifs is 1. The van der Waals surface area contributed by atoms with Crippen LogP contribution in [0.1, 0.15) is 32.4 Å². The molecule has 0 amide bonds. The summed E-state index contributed by atoms with van der Waals surface area (Å²) in [5, 5.41) is 32.9. The Morgan fingerprint density at radius 2 is 2.08 bits per heavy atom. The summed E-state index contributed by atoms with van der Waals surface area (Å²) in [6.07, 6.45) is 0.148. The molecule has 2 aromatic heterocycles. The third kappa shape index (κ3) is 3.25. The Bertz CT molecular complexity index is 723. The van der Waals surface area contributed by atoms with Gasteiger partial charge in [0.15, 0.2) is 23.2 Å². The minimum Gasteiger partial charge on any atom is -0.394 e. The Morgan fingerprint density at radius 1 is 1.28 bits per heavy atom. The lowest BCUT2D eigenvalue weighted by Crippen LogP contribution is -2.33. The van der Waals surface area contributed by atoms with Crippen molar-refractivity contribution >= 4 is 22.9 Å². The zero-order valence-electron chi connectivity index (χ0n) is 14.0. The van der Waals surface area contributed by atoms with Crippen LogP contribution >= 0.6 is 0 Å². The number of nitrogens with one attached hydrogen (secondary N) is 1. The second-order valence-corrected chi connectivity index (χ2v) is 6.10. The summed E-state index contributed by atoms with van der Waals surface area (Å²) in [6.45, 7) is 2.39. The van der Waals surface area contributed by atoms with Gasteiger partial charge in [-0.3, -0.25) is 4.57 Å². The lowest BCUT2D eigenvalue weighted by Gasteiger charge is -2.19. The average molecular weight is 352 g/mol. The number of unbranched alkanes of at least 4 members (excludes halogenated alkanes) is 2. The van der Waals surface area contributed by atoms with E-state index in [0.29, 0.717) is 23.7 Å². The van der Waals surface area contributed by atoms with Crippen molar-refractivity contribution in [1.29, 1.82) is 0 Å². The predicted octanol–water partition coefficient (Wildman–Crippen LogP) is -0.378. The van der Waals surface area contributed by atoms with E-state index in [0.717, 1.165) is 19.3 Å². The maximum atomic E-state index is 10.4. The number of aliphatic hydroxyl groups is 3. The number of hydrogen-bond acceptors (Lipinski definition) is 9. The molecule has 0 unspecified atom stereocenters. The van der Waals surface area contributed by atoms with Crippen LogP contribution in [-0.4, -0.2) is 66.3 Å². The van der Waals surface area contributed by atoms with Crippen LogP contribution < -0.4 is 11.1 Å². The SMILES string of the molecule is CCCCCNc1nc2c(N)ncnc2n1[C@@H]1O[C@H](CO)[C@@H](O)[C@H]1O. The first-order valence-corrected chi connectivity index (χ1v) is 8.43. The molecule has 10 nitrogen and oxygen atoms in total. The van der Waals surface area contributed by atoms with Crippen molar-refractivity contribution in [2.24, 2.45) is 0 Å². The fourth-order valence-corrected chi connectivity index (χ4v) is 2.96. The van der Waals surface area contributed by atoms with Crippen LogP contribution in [0.25, 0.3) is 11.2 Å². The first-order chi connectivity index (χ1) is 12.1. The van der Waals surface area contributed by atoms with Gasteiger partial charge in [-0.1, -0.05) is 19.8 Å². The molecule has 6 N–H and O–H groups in total. The molecule has 0 aromatic carbocycles. The smallest absolute Gasteiger partial charge is 0.207 e. The second kappa shape index (κ2) is 7.48. The number of hydrogen-bond donors (Lipinski definition) is 5. The summed E-state index contributed by atoms with van der Waals surface area (Å²) in [6, 6.07) is 0. The average Bonchev–Trinajstić information content (AvgIpc) is 3.11. The van der Waals surface area contributed by atoms with Gasteiger partial charge in [0.1, 0.15) is 24.6 Å². The van der Waals surface area contributed by atoms with E-state index in [4.69, 9.17) is 10.5 Å². The van der Waals surface area contributed by atoms with Crippen molar-refractivity contribution in [2.45, 2.75) is 50.7 Å². The van der Waals surface area contributed by atoms with Gasteiger partial charge in [-0.15, -0.1) is 0 Å². The molecule has 0 saturated carbocycles. The summed E-state index contributed by atoms with van der Waals surface area (Å²) < 4.78 is 7.19. The number of imidazole rings is 1. The minimum absolute atomic E-state index is 0.215. The molecule has 0 radical (unpaired) electrons. The molecule has 4 atom stereocenters. The number of nitrogens with zero attached hydrogens (tertiary/aromatic N) is 4. The monoisotopic (exact) mass is 352 g/mol. The first kappa shape index (κ1) is 17.8. The van der Waals surface area contributed by atoms with E-state index in [9.17, 15) is 15.3 Å². The normalized spacial score (nSPS) is 26.4. The Balaban J connectivity index is 1.98. The van der Waals surface area contributed by atoms with Crippen molar-refractivity contribution < 1.29 is 20.1 Å². The highest BCUT2D eigenvalue weighted by atomic mass is 16.6. The van der Waals surface area contributed by atoms with Crippen LogP contribution in [0.2, 0.25) is 0 Å². The van der Waals surface area contributed by atoms with Gasteiger partial charge < -0.3 is 31.1 Å². The molecule has 1 aliphatic rings. The number of nitrogens with two attached hydrogens (primary N) is 1. The number of aromatic nitrogens is 4. The quantitative estimate of drug-likeness (QED) is 0.420. The van der Waals surface area contributed by atoms with Crippen LogP contribution in [0.15, 0.2) is 6.33 Å². The van der Waals surface area contributed by atoms with Gasteiger partial charge in [0.05, 0.1) is 6.61 Å². The van der Waals surface area contributed by atoms with E-state index in [1.807, 2.05) is 0 Å². The van der Waals surface area contributed by atoms with E-state index < -0.39 is 31.1 Å². The molecule has 1 fully saturated rings. The largest absolute Gasteiger partial charge is 0.394 e. The van der Waals surface area contributed by atoms with Crippen molar-refractivity contribution in [3.63, 3.8) is 0 Å². The second-order valence-electron chi connectivity index (χ2n) is 6.10. The third-order valence-corrected chi connectivity index (χ3v) is 4.34. The molecule has 0 bridgehead atoms. The van der Waals surface area contributed by atoms with Gasteiger partial charge in [0, 0.05) is 6.54 Å². The van der Waals surface area contributed by atoms with Crippen LogP contribution in [0.5, 0.6) is 0 Å². The van der Waals surface area contributed by atoms with Crippen LogP contribution in [0, 0.1) is 0 Å². The molecule has 1 saturated heterocycles. The van der Waals surface area contributed by atoms with Crippen molar-refractivity contribution in [1.82, 2.24) is 19.5 Å². The molecule has 0 aliphatic carbocycles. The van der Waals surface area contributed by atoms with E-state index in [1.54, 1.807) is 4.57 Å². The van der Waals surface area contributed by atoms with Crippen LogP contribution in [-0.2, 0) is 4.74 Å². The molecule has 25 heavy (non-hydrogen) atoms. The summed E-state index contributed by atoms with van der Waals surface area (Å²) in [7, 11) is 0. The molecule has 10 heteroatoms. The lowest BCUT2D eigenvalue weighted by molar-refractivity contribution is -0.0501. The van der Waals surface area contributed by atoms with Crippen molar-refractivity contribution in [3.8, 4) is 0 Å². The van der Waals surface area contributed by atoms with Gasteiger partial charge in [0.25, 0.3) is 0 Å². The summed E-state index contributed by atoms with van der Waals surface area (Å²) in [4.78, 5) is 12.6. The Hall–Kier alpha value is -2.01. The molecule has 1 aliphatic heterocycles. The molecule has 2 aromatic rings. The van der Waals surface area contributed by atoms with Crippen molar-refractivity contribution in [2.75, 3.05) is 24.2 Å². The number of ether oxygens (including phenoxy) is 1. The number of nitrogen functional groups attached to an aromatic ring is 1. The van der Waals surface area contributed by atoms with E-state index in [1.165, 1.54) is 6.33 Å². The standard InChI is InChI=1S/C15H24N6O4/c1-2-3-4-5-17-15-20-9-12(16)18-7-19-13(9)21(15)14-11(24)10(23)8(6-22)25-14/h7-8,10-11,14,22-24H,2-6H2,1H3,(H,17,20)(H2,16,18,19)/t8-,10-,11-,14-/m1/s1. The topological polar surface area (TPSA) is 152 Å². The summed E-state index contributed by atoms with van der Waals surface area (Å²) in [5.41, 5.74) is 6.66. The summed E-state index contributed by atoms with van der Waals surface area (Å²) in [5.74, 6) is 0.639. The maximum Gasteiger partial charge on any atom is 0.207 e. The molecule has 138 valence electrons. The first-order valence-electron chi connectivity index (χ1n) is 8.43. The number of rotatable bonds is 7. The third-order valence-electron chi connectivity index (χ3n) is 4.34. The van der Waals surface area contributed by atoms with Gasteiger partial charge in [0.2, 0.25) is 5.95 Å². The maximum absolute atomic E-state index is 10.4. The van der Waals surface area contributed by atoms with Gasteiger partial charge in [-0.05, 0) is 6.42 Å². The fraction of sp³-hybridized carbons (Fsp3) is 0.667. The Labute approximate surface area is 144 Å². The van der Waals surface area contributed by atoms with Crippen LogP contribution in [0.4, 0.5) is 11.8 Å². The van der Waals surface area contributed by atoms with E-state index in [2.05, 4.69) is 27.2 Å². The molecular weight excluding hydrogens is 328 g/mol. The highest BCUT2D eigenvalue weighted by Gasteiger charge is 2.45. The number of anilines is 2. The van der Waals surface area contributed by atoms with Gasteiger partial charge in [-0.2, -0.15) is 0 Å². The van der Waals surface area contributed by atoms with Gasteiger partial charge in [-0.25, -0.2) is 15.0 Å². The van der Waals surface area contributed by atoms with E-state index >= 15 is 0 Å². The van der Waals surface area contributed by atoms with Crippen molar-refractivity contribution in [3.05, 3.63) is 6.33 Å². The molecule has 0 spiro atoms. The predicted molar refractivity (Wildman–Crippen MR) is 90.8 cm³/mol. The Morgan fingerprint density at radius 3 is 2.76 bits per heavy atom. The molecule has 3 heterocycles. The summed E-state index contributed by atoms with van der Waals surface area (Å²) >= 11 is 0. The van der Waals surface area contributed by atoms with Crippen LogP contribution in [0.3, 0.4) is 0 Å². The minimum atomic E-state index is -1.23. The number of aliphatic hydroxyl groups excluding tert-OH is 3. The molecular formula is C15H24N6O4. The zero-order chi connectivity index (χ0) is 18.0. The highest BCUT2D eigenvalue weighted by molar-refractivity contribution is 5.84. The molecule has 3 rings (SSSR count). The lowest BCUT2D eigenvalue weighted by atomic mass is 10.1. The Kier molecular flexibility index (Phi) is 5.33. The van der Waals surface area contributed by atoms with Gasteiger partial charge >= 0.3 is 0 Å². The van der Waals surface area contributed by atoms with E-state index in [-0.39, 0.29) is 5.82 Å².